The fourth-order valence-electron chi connectivity index (χ4n) is 2.62. The molecule has 2 aromatic rings. The zero-order chi connectivity index (χ0) is 18.7. The van der Waals surface area contributed by atoms with E-state index in [0.717, 1.165) is 35.8 Å². The van der Waals surface area contributed by atoms with Crippen LogP contribution in [0.1, 0.15) is 47.2 Å². The van der Waals surface area contributed by atoms with E-state index < -0.39 is 17.7 Å². The van der Waals surface area contributed by atoms with Crippen molar-refractivity contribution in [1.29, 1.82) is 0 Å². The first kappa shape index (κ1) is 18.4. The second kappa shape index (κ2) is 7.45. The number of hydrogen-bond acceptors (Lipinski definition) is 7. The number of halogens is 2. The molecule has 0 aliphatic carbocycles. The van der Waals surface area contributed by atoms with Crippen LogP contribution in [0.15, 0.2) is 35.7 Å². The summed E-state index contributed by atoms with van der Waals surface area (Å²) in [5.74, 6) is 0.547. The van der Waals surface area contributed by atoms with Gasteiger partial charge in [0, 0.05) is 18.4 Å². The summed E-state index contributed by atoms with van der Waals surface area (Å²) >= 11 is 1.51. The van der Waals surface area contributed by atoms with Gasteiger partial charge in [-0.3, -0.25) is 14.8 Å². The van der Waals surface area contributed by atoms with E-state index in [4.69, 9.17) is 5.73 Å². The van der Waals surface area contributed by atoms with Gasteiger partial charge in [-0.25, -0.2) is 18.8 Å². The Morgan fingerprint density at radius 2 is 2.15 bits per heavy atom. The van der Waals surface area contributed by atoms with Gasteiger partial charge >= 0.3 is 0 Å². The van der Waals surface area contributed by atoms with Crippen molar-refractivity contribution in [3.63, 3.8) is 0 Å². The highest BCUT2D eigenvalue weighted by Gasteiger charge is 2.31. The number of thioether (sulfide) groups is 1. The molecule has 1 atom stereocenters. The Kier molecular flexibility index (Phi) is 5.26. The number of aliphatic imine (C=N–C) groups is 1. The lowest BCUT2D eigenvalue weighted by Gasteiger charge is -2.28. The van der Waals surface area contributed by atoms with Crippen LogP contribution < -0.4 is 5.73 Å². The molecule has 0 radical (unpaired) electrons. The largest absolute Gasteiger partial charge is 0.379 e. The predicted octanol–water partition coefficient (Wildman–Crippen LogP) is 2.90. The number of aromatic nitrogens is 3. The van der Waals surface area contributed by atoms with Gasteiger partial charge in [-0.15, -0.1) is 0 Å². The average Bonchev–Trinajstić information content (AvgIpc) is 2.62. The number of carbonyl (C=O) groups is 1. The lowest BCUT2D eigenvalue weighted by atomic mass is 9.93. The number of rotatable bonds is 5. The maximum absolute atomic E-state index is 12.5. The third-order valence-electron chi connectivity index (χ3n) is 4.12. The number of nitrogens with two attached hydrogens (primary N) is 1. The van der Waals surface area contributed by atoms with Crippen LogP contribution in [0.4, 0.5) is 8.78 Å². The van der Waals surface area contributed by atoms with Crippen LogP contribution in [0.3, 0.4) is 0 Å². The summed E-state index contributed by atoms with van der Waals surface area (Å²) in [5, 5.41) is 0.524. The first-order valence-corrected chi connectivity index (χ1v) is 8.93. The van der Waals surface area contributed by atoms with Crippen molar-refractivity contribution in [3.05, 3.63) is 53.4 Å². The first-order chi connectivity index (χ1) is 12.4. The van der Waals surface area contributed by atoms with Crippen LogP contribution in [0.2, 0.25) is 0 Å². The Morgan fingerprint density at radius 1 is 1.35 bits per heavy atom. The summed E-state index contributed by atoms with van der Waals surface area (Å²) in [6.45, 7) is 1.96. The van der Waals surface area contributed by atoms with Crippen molar-refractivity contribution < 1.29 is 13.6 Å². The van der Waals surface area contributed by atoms with Crippen molar-refractivity contribution in [2.24, 2.45) is 10.7 Å². The van der Waals surface area contributed by atoms with Crippen LogP contribution >= 0.6 is 11.8 Å². The lowest BCUT2D eigenvalue weighted by molar-refractivity contribution is 0.0986. The molecule has 136 valence electrons. The van der Waals surface area contributed by atoms with E-state index in [-0.39, 0.29) is 17.9 Å². The molecule has 0 saturated carbocycles. The monoisotopic (exact) mass is 377 g/mol. The number of carbonyl (C=O) groups excluding carboxylic acids is 1. The summed E-state index contributed by atoms with van der Waals surface area (Å²) in [6, 6.07) is 3.56. The third kappa shape index (κ3) is 4.04. The zero-order valence-corrected chi connectivity index (χ0v) is 14.8. The van der Waals surface area contributed by atoms with E-state index in [1.54, 1.807) is 12.3 Å². The van der Waals surface area contributed by atoms with Gasteiger partial charge in [-0.05, 0) is 31.0 Å². The minimum Gasteiger partial charge on any atom is -0.379 e. The number of nitrogens with zero attached hydrogens (tertiary/aromatic N) is 4. The van der Waals surface area contributed by atoms with E-state index in [9.17, 15) is 13.6 Å². The first-order valence-electron chi connectivity index (χ1n) is 7.94. The highest BCUT2D eigenvalue weighted by atomic mass is 32.2. The number of alkyl halides is 2. The van der Waals surface area contributed by atoms with Crippen LogP contribution in [-0.2, 0) is 12.0 Å². The molecule has 2 aromatic heterocycles. The Morgan fingerprint density at radius 3 is 2.81 bits per heavy atom. The second-order valence-electron chi connectivity index (χ2n) is 6.10. The van der Waals surface area contributed by atoms with E-state index in [1.807, 2.05) is 13.0 Å². The molecule has 9 heteroatoms. The van der Waals surface area contributed by atoms with Crippen molar-refractivity contribution in [2.45, 2.75) is 31.7 Å². The Hall–Kier alpha value is -2.42. The summed E-state index contributed by atoms with van der Waals surface area (Å²) in [6.07, 6.45) is 1.79. The molecule has 0 unspecified atom stereocenters. The molecule has 3 rings (SSSR count). The third-order valence-corrected chi connectivity index (χ3v) is 4.91. The highest BCUT2D eigenvalue weighted by molar-refractivity contribution is 8.13. The summed E-state index contributed by atoms with van der Waals surface area (Å²) in [4.78, 5) is 28.6. The molecule has 0 saturated heterocycles. The molecule has 2 N–H and O–H groups in total. The van der Waals surface area contributed by atoms with Crippen LogP contribution in [0, 0.1) is 0 Å². The quantitative estimate of drug-likeness (QED) is 0.805. The minimum atomic E-state index is -2.71. The van der Waals surface area contributed by atoms with E-state index in [2.05, 4.69) is 19.9 Å². The molecule has 0 amide bonds. The summed E-state index contributed by atoms with van der Waals surface area (Å²) < 4.78 is 25.0. The van der Waals surface area contributed by atoms with E-state index in [0.29, 0.717) is 5.17 Å². The molecule has 0 fully saturated rings. The van der Waals surface area contributed by atoms with Crippen molar-refractivity contribution in [3.8, 4) is 0 Å². The number of amidine groups is 1. The fraction of sp³-hybridized carbons (Fsp3) is 0.353. The summed E-state index contributed by atoms with van der Waals surface area (Å²) in [5.41, 5.74) is 6.40. The number of Topliss-reactive ketones (excluding diaryl/α,β-unsaturated/α-hetero) is 1. The van der Waals surface area contributed by atoms with Gasteiger partial charge in [0.2, 0.25) is 0 Å². The molecule has 0 spiro atoms. The SMILES string of the molecule is C[C@@]1(c2cc(CC(=O)c3cnc(C(F)F)cn3)ccn2)CCSC(N)=N1. The molecule has 1 aliphatic heterocycles. The van der Waals surface area contributed by atoms with Gasteiger partial charge in [0.25, 0.3) is 6.43 Å². The second-order valence-corrected chi connectivity index (χ2v) is 7.21. The smallest absolute Gasteiger partial charge is 0.281 e. The van der Waals surface area contributed by atoms with Crippen LogP contribution in [0.25, 0.3) is 0 Å². The standard InChI is InChI=1S/C17H17F2N5OS/c1-17(3-5-26-16(20)24-17)14-7-10(2-4-21-14)6-13(25)11-8-23-12(9-22-11)15(18)19/h2,4,7-9,15H,3,5-6H2,1H3,(H2,20,24)/t17-/m0/s1. The van der Waals surface area contributed by atoms with Crippen molar-refractivity contribution >= 4 is 22.7 Å². The maximum Gasteiger partial charge on any atom is 0.281 e. The van der Waals surface area contributed by atoms with Gasteiger partial charge in [0.1, 0.15) is 16.9 Å². The topological polar surface area (TPSA) is 94.1 Å². The Labute approximate surface area is 153 Å². The van der Waals surface area contributed by atoms with Gasteiger partial charge in [0.15, 0.2) is 11.0 Å². The Balaban J connectivity index is 1.78. The number of pyridine rings is 1. The van der Waals surface area contributed by atoms with Gasteiger partial charge in [-0.2, -0.15) is 0 Å². The van der Waals surface area contributed by atoms with Crippen molar-refractivity contribution in [2.75, 3.05) is 5.75 Å². The normalized spacial score (nSPS) is 20.1. The molecular weight excluding hydrogens is 360 g/mol. The number of ketones is 1. The molecule has 0 bridgehead atoms. The highest BCUT2D eigenvalue weighted by Crippen LogP contribution is 2.34. The molecule has 1 aliphatic rings. The minimum absolute atomic E-state index is 0.0512. The Bertz CT molecular complexity index is 843. The molecule has 0 aromatic carbocycles. The van der Waals surface area contributed by atoms with Crippen LogP contribution in [-0.4, -0.2) is 31.7 Å². The van der Waals surface area contributed by atoms with Crippen LogP contribution in [0.5, 0.6) is 0 Å². The zero-order valence-electron chi connectivity index (χ0n) is 14.0. The van der Waals surface area contributed by atoms with Gasteiger partial charge in [0.05, 0.1) is 18.1 Å². The van der Waals surface area contributed by atoms with Gasteiger partial charge in [-0.1, -0.05) is 11.8 Å². The average molecular weight is 377 g/mol. The van der Waals surface area contributed by atoms with E-state index >= 15 is 0 Å². The fourth-order valence-corrected chi connectivity index (χ4v) is 3.60. The van der Waals surface area contributed by atoms with Crippen molar-refractivity contribution in [1.82, 2.24) is 15.0 Å². The predicted molar refractivity (Wildman–Crippen MR) is 95.3 cm³/mol. The number of hydrogen-bond donors (Lipinski definition) is 1. The molecular formula is C17H17F2N5OS. The molecule has 26 heavy (non-hydrogen) atoms. The lowest BCUT2D eigenvalue weighted by Crippen LogP contribution is -2.29. The molecule has 6 nitrogen and oxygen atoms in total. The van der Waals surface area contributed by atoms with Gasteiger partial charge < -0.3 is 5.73 Å². The molecule has 3 heterocycles. The van der Waals surface area contributed by atoms with E-state index in [1.165, 1.54) is 11.8 Å². The maximum atomic E-state index is 12.5. The summed E-state index contributed by atoms with van der Waals surface area (Å²) in [7, 11) is 0.